The van der Waals surface area contributed by atoms with Gasteiger partial charge < -0.3 is 30.0 Å². The van der Waals surface area contributed by atoms with Crippen molar-refractivity contribution in [3.05, 3.63) is 0 Å². The third-order valence-corrected chi connectivity index (χ3v) is 4.19. The lowest BCUT2D eigenvalue weighted by atomic mass is 10.1. The van der Waals surface area contributed by atoms with E-state index in [-0.39, 0.29) is 13.1 Å². The Morgan fingerprint density at radius 3 is 2.21 bits per heavy atom. The molecule has 0 aromatic heterocycles. The first kappa shape index (κ1) is 28.1. The zero-order valence-electron chi connectivity index (χ0n) is 20.1. The maximum Gasteiger partial charge on any atom is 0.419 e. The van der Waals surface area contributed by atoms with Crippen molar-refractivity contribution in [2.75, 3.05) is 19.6 Å². The van der Waals surface area contributed by atoms with Crippen molar-refractivity contribution in [2.45, 2.75) is 84.3 Å². The van der Waals surface area contributed by atoms with Gasteiger partial charge in [0.25, 0.3) is 6.23 Å². The van der Waals surface area contributed by atoms with E-state index in [2.05, 4.69) is 10.6 Å². The van der Waals surface area contributed by atoms with Gasteiger partial charge in [0.05, 0.1) is 6.04 Å². The second-order valence-corrected chi connectivity index (χ2v) is 9.56. The number of unbranched alkanes of at least 4 members (excludes halogenated alkanes) is 1. The molecule has 0 aromatic carbocycles. The Bertz CT molecular complexity index is 740. The van der Waals surface area contributed by atoms with E-state index < -0.39 is 53.4 Å². The molecule has 0 bridgehead atoms. The minimum Gasteiger partial charge on any atom is -0.477 e. The quantitative estimate of drug-likeness (QED) is 0.199. The van der Waals surface area contributed by atoms with Crippen LogP contribution in [0.5, 0.6) is 0 Å². The van der Waals surface area contributed by atoms with E-state index in [0.29, 0.717) is 25.8 Å². The highest BCUT2D eigenvalue weighted by atomic mass is 16.6. The summed E-state index contributed by atoms with van der Waals surface area (Å²) in [4.78, 5) is 60.8. The maximum absolute atomic E-state index is 12.8. The fraction of sp³-hybridized carbons (Fsp3) is 0.762. The van der Waals surface area contributed by atoms with Crippen LogP contribution >= 0.6 is 0 Å². The molecule has 1 aliphatic rings. The van der Waals surface area contributed by atoms with E-state index in [1.807, 2.05) is 0 Å². The molecule has 2 amide bonds. The van der Waals surface area contributed by atoms with Crippen LogP contribution in [0, 0.1) is 0 Å². The van der Waals surface area contributed by atoms with Gasteiger partial charge in [-0.1, -0.05) is 0 Å². The Kier molecular flexibility index (Phi) is 10.1. The van der Waals surface area contributed by atoms with E-state index in [1.165, 1.54) is 0 Å². The lowest BCUT2D eigenvalue weighted by Gasteiger charge is -2.36. The van der Waals surface area contributed by atoms with Crippen LogP contribution in [0.25, 0.3) is 0 Å². The summed E-state index contributed by atoms with van der Waals surface area (Å²) < 4.78 is 14.8. The van der Waals surface area contributed by atoms with Gasteiger partial charge >= 0.3 is 24.0 Å². The highest BCUT2D eigenvalue weighted by Gasteiger charge is 2.40. The number of hydrogen-bond donors (Lipinski definition) is 3. The number of nitrogens with one attached hydrogen (secondary N) is 2. The summed E-state index contributed by atoms with van der Waals surface area (Å²) in [6, 6.07) is -0.692. The molecule has 1 aliphatic heterocycles. The van der Waals surface area contributed by atoms with E-state index in [1.54, 1.807) is 41.5 Å². The standard InChI is InChI=1S/C21H35N3O9/c1-20(2,3)32-18(29)17(28)31-15(16(26)27)24-12-11-22-13(14(24)25)9-7-8-10-23-19(30)33-21(4,5)6/h13,15,22H,7-12H2,1-6H3,(H,23,30)(H,26,27)/t13-,15?/m0/s1. The summed E-state index contributed by atoms with van der Waals surface area (Å²) in [5.41, 5.74) is -1.57. The number of hydrogen-bond acceptors (Lipinski definition) is 9. The number of alkyl carbamates (subject to hydrolysis) is 1. The number of nitrogens with zero attached hydrogens (tertiary/aromatic N) is 1. The molecule has 2 atom stereocenters. The minimum atomic E-state index is -1.95. The van der Waals surface area contributed by atoms with Crippen LogP contribution in [0.4, 0.5) is 4.79 Å². The number of carbonyl (C=O) groups is 5. The monoisotopic (exact) mass is 473 g/mol. The van der Waals surface area contributed by atoms with Crippen LogP contribution in [0.1, 0.15) is 60.8 Å². The largest absolute Gasteiger partial charge is 0.477 e. The lowest BCUT2D eigenvalue weighted by Crippen LogP contribution is -2.60. The van der Waals surface area contributed by atoms with Crippen LogP contribution in [0.3, 0.4) is 0 Å². The van der Waals surface area contributed by atoms with Crippen LogP contribution in [0.2, 0.25) is 0 Å². The number of carboxylic acids is 1. The molecule has 0 spiro atoms. The normalized spacial score (nSPS) is 17.7. The van der Waals surface area contributed by atoms with Crippen molar-refractivity contribution < 1.29 is 43.3 Å². The Hall–Kier alpha value is -2.89. The molecule has 1 rings (SSSR count). The number of ether oxygens (including phenoxy) is 3. The molecule has 1 fully saturated rings. The topological polar surface area (TPSA) is 161 Å². The predicted molar refractivity (Wildman–Crippen MR) is 115 cm³/mol. The van der Waals surface area contributed by atoms with Gasteiger partial charge in [0.15, 0.2) is 0 Å². The molecule has 1 heterocycles. The van der Waals surface area contributed by atoms with Crippen molar-refractivity contribution in [2.24, 2.45) is 0 Å². The van der Waals surface area contributed by atoms with Crippen LogP contribution < -0.4 is 10.6 Å². The maximum atomic E-state index is 12.8. The fourth-order valence-corrected chi connectivity index (χ4v) is 2.91. The summed E-state index contributed by atoms with van der Waals surface area (Å²) in [6.45, 7) is 10.5. The van der Waals surface area contributed by atoms with Crippen LogP contribution in [-0.2, 0) is 33.4 Å². The number of amides is 2. The van der Waals surface area contributed by atoms with Crippen molar-refractivity contribution in [1.29, 1.82) is 0 Å². The molecule has 188 valence electrons. The SMILES string of the molecule is CC(C)(C)OC(=O)NCCCC[C@@H]1NCCN(C(OC(=O)C(=O)OC(C)(C)C)C(=O)O)C1=O. The molecule has 0 radical (unpaired) electrons. The summed E-state index contributed by atoms with van der Waals surface area (Å²) in [7, 11) is 0. The first-order valence-electron chi connectivity index (χ1n) is 10.8. The molecular formula is C21H35N3O9. The Labute approximate surface area is 193 Å². The summed E-state index contributed by atoms with van der Waals surface area (Å²) in [5.74, 6) is -4.98. The van der Waals surface area contributed by atoms with Crippen molar-refractivity contribution in [1.82, 2.24) is 15.5 Å². The van der Waals surface area contributed by atoms with Gasteiger partial charge in [-0.3, -0.25) is 9.69 Å². The summed E-state index contributed by atoms with van der Waals surface area (Å²) in [5, 5.41) is 15.1. The highest BCUT2D eigenvalue weighted by molar-refractivity contribution is 6.30. The van der Waals surface area contributed by atoms with E-state index in [0.717, 1.165) is 4.90 Å². The van der Waals surface area contributed by atoms with Gasteiger partial charge in [0, 0.05) is 19.6 Å². The first-order chi connectivity index (χ1) is 15.1. The van der Waals surface area contributed by atoms with E-state index >= 15 is 0 Å². The van der Waals surface area contributed by atoms with Crippen molar-refractivity contribution >= 4 is 29.9 Å². The van der Waals surface area contributed by atoms with Crippen molar-refractivity contribution in [3.8, 4) is 0 Å². The van der Waals surface area contributed by atoms with Gasteiger partial charge in [0.2, 0.25) is 5.91 Å². The van der Waals surface area contributed by atoms with Gasteiger partial charge in [0.1, 0.15) is 11.2 Å². The van der Waals surface area contributed by atoms with Crippen LogP contribution in [0.15, 0.2) is 0 Å². The average Bonchev–Trinajstić information content (AvgIpc) is 2.64. The number of carbonyl (C=O) groups excluding carboxylic acids is 4. The second-order valence-electron chi connectivity index (χ2n) is 9.56. The molecule has 0 aromatic rings. The van der Waals surface area contributed by atoms with E-state index in [9.17, 15) is 29.1 Å². The first-order valence-corrected chi connectivity index (χ1v) is 10.8. The zero-order chi connectivity index (χ0) is 25.4. The second kappa shape index (κ2) is 11.8. The summed E-state index contributed by atoms with van der Waals surface area (Å²) >= 11 is 0. The predicted octanol–water partition coefficient (Wildman–Crippen LogP) is 0.777. The Morgan fingerprint density at radius 1 is 1.06 bits per heavy atom. The minimum absolute atomic E-state index is 0.0197. The number of piperazine rings is 1. The Morgan fingerprint density at radius 2 is 1.67 bits per heavy atom. The molecule has 33 heavy (non-hydrogen) atoms. The number of carboxylic acid groups (broad SMARTS) is 1. The average molecular weight is 474 g/mol. The van der Waals surface area contributed by atoms with Gasteiger partial charge in [-0.15, -0.1) is 0 Å². The Balaban J connectivity index is 2.59. The summed E-state index contributed by atoms with van der Waals surface area (Å²) in [6.07, 6.45) is -0.978. The molecular weight excluding hydrogens is 438 g/mol. The fourth-order valence-electron chi connectivity index (χ4n) is 2.91. The molecule has 0 aliphatic carbocycles. The van der Waals surface area contributed by atoms with Gasteiger partial charge in [-0.05, 0) is 60.8 Å². The molecule has 12 heteroatoms. The number of rotatable bonds is 8. The van der Waals surface area contributed by atoms with Gasteiger partial charge in [-0.2, -0.15) is 0 Å². The van der Waals surface area contributed by atoms with E-state index in [4.69, 9.17) is 14.2 Å². The lowest BCUT2D eigenvalue weighted by molar-refractivity contribution is -0.192. The molecule has 12 nitrogen and oxygen atoms in total. The smallest absolute Gasteiger partial charge is 0.419 e. The van der Waals surface area contributed by atoms with Gasteiger partial charge in [-0.25, -0.2) is 19.2 Å². The van der Waals surface area contributed by atoms with Crippen LogP contribution in [-0.4, -0.2) is 83.0 Å². The molecule has 3 N–H and O–H groups in total. The zero-order valence-corrected chi connectivity index (χ0v) is 20.1. The molecule has 1 saturated heterocycles. The molecule has 1 unspecified atom stereocenters. The number of aliphatic carboxylic acids is 1. The molecule has 0 saturated carbocycles. The third-order valence-electron chi connectivity index (χ3n) is 4.19. The number of esters is 2. The highest BCUT2D eigenvalue weighted by Crippen LogP contribution is 2.15. The third kappa shape index (κ3) is 10.5. The van der Waals surface area contributed by atoms with Crippen molar-refractivity contribution in [3.63, 3.8) is 0 Å².